The molecule has 1 N–H and O–H groups in total. The summed E-state index contributed by atoms with van der Waals surface area (Å²) >= 11 is 3.30. The first-order valence-electron chi connectivity index (χ1n) is 5.35. The van der Waals surface area contributed by atoms with Crippen molar-refractivity contribution in [1.82, 2.24) is 4.72 Å². The molecule has 0 fully saturated rings. The molecule has 17 heavy (non-hydrogen) atoms. The molecule has 0 amide bonds. The topological polar surface area (TPSA) is 46.2 Å². The summed E-state index contributed by atoms with van der Waals surface area (Å²) in [6, 6.07) is 5.43. The lowest BCUT2D eigenvalue weighted by molar-refractivity contribution is 0.500. The lowest BCUT2D eigenvalue weighted by atomic mass is 10.1. The molecule has 0 saturated carbocycles. The van der Waals surface area contributed by atoms with E-state index in [9.17, 15) is 8.42 Å². The first-order chi connectivity index (χ1) is 7.68. The van der Waals surface area contributed by atoms with Crippen LogP contribution in [0.1, 0.15) is 25.0 Å². The van der Waals surface area contributed by atoms with Crippen LogP contribution in [0, 0.1) is 13.8 Å². The SMILES string of the molecule is Cc1ccc(C)c(S(=O)(=O)NC(C)(C)CBr)c1. The molecule has 0 atom stereocenters. The van der Waals surface area contributed by atoms with Crippen LogP contribution in [0.5, 0.6) is 0 Å². The largest absolute Gasteiger partial charge is 0.241 e. The van der Waals surface area contributed by atoms with Gasteiger partial charge in [-0.1, -0.05) is 28.1 Å². The summed E-state index contributed by atoms with van der Waals surface area (Å²) in [5.74, 6) is 0. The number of halogens is 1. The van der Waals surface area contributed by atoms with Gasteiger partial charge in [-0.15, -0.1) is 0 Å². The molecule has 96 valence electrons. The Morgan fingerprint density at radius 1 is 1.29 bits per heavy atom. The summed E-state index contributed by atoms with van der Waals surface area (Å²) in [6.45, 7) is 7.36. The fourth-order valence-electron chi connectivity index (χ4n) is 1.44. The number of alkyl halides is 1. The molecular weight excluding hydrogens is 302 g/mol. The lowest BCUT2D eigenvalue weighted by Crippen LogP contribution is -2.44. The van der Waals surface area contributed by atoms with Crippen molar-refractivity contribution in [1.29, 1.82) is 0 Å². The maximum Gasteiger partial charge on any atom is 0.241 e. The third-order valence-corrected chi connectivity index (χ3v) is 5.62. The van der Waals surface area contributed by atoms with Gasteiger partial charge in [0.1, 0.15) is 0 Å². The molecule has 5 heteroatoms. The van der Waals surface area contributed by atoms with Crippen LogP contribution in [0.3, 0.4) is 0 Å². The zero-order valence-corrected chi connectivity index (χ0v) is 12.9. The first kappa shape index (κ1) is 14.7. The van der Waals surface area contributed by atoms with Gasteiger partial charge < -0.3 is 0 Å². The number of hydrogen-bond donors (Lipinski definition) is 1. The van der Waals surface area contributed by atoms with E-state index in [2.05, 4.69) is 20.7 Å². The van der Waals surface area contributed by atoms with Crippen molar-refractivity contribution >= 4 is 26.0 Å². The van der Waals surface area contributed by atoms with Crippen LogP contribution in [0.4, 0.5) is 0 Å². The summed E-state index contributed by atoms with van der Waals surface area (Å²) in [7, 11) is -3.46. The Balaban J connectivity index is 3.18. The molecule has 0 aromatic heterocycles. The number of benzene rings is 1. The zero-order chi connectivity index (χ0) is 13.3. The van der Waals surface area contributed by atoms with Crippen LogP contribution in [-0.2, 0) is 10.0 Å². The van der Waals surface area contributed by atoms with Crippen LogP contribution in [0.15, 0.2) is 23.1 Å². The molecule has 0 heterocycles. The third kappa shape index (κ3) is 3.79. The smallest absolute Gasteiger partial charge is 0.207 e. The van der Waals surface area contributed by atoms with Gasteiger partial charge >= 0.3 is 0 Å². The summed E-state index contributed by atoms with van der Waals surface area (Å²) in [5.41, 5.74) is 1.19. The first-order valence-corrected chi connectivity index (χ1v) is 7.96. The predicted molar refractivity (Wildman–Crippen MR) is 74.1 cm³/mol. The number of aryl methyl sites for hydroxylation is 2. The quantitative estimate of drug-likeness (QED) is 0.867. The van der Waals surface area contributed by atoms with Gasteiger partial charge in [-0.05, 0) is 44.9 Å². The number of sulfonamides is 1. The minimum atomic E-state index is -3.46. The zero-order valence-electron chi connectivity index (χ0n) is 10.5. The van der Waals surface area contributed by atoms with Gasteiger partial charge in [-0.2, -0.15) is 0 Å². The summed E-state index contributed by atoms with van der Waals surface area (Å²) in [5, 5.41) is 0.560. The van der Waals surface area contributed by atoms with Gasteiger partial charge in [0, 0.05) is 10.9 Å². The van der Waals surface area contributed by atoms with Gasteiger partial charge in [0.05, 0.1) is 4.90 Å². The van der Waals surface area contributed by atoms with Crippen LogP contribution >= 0.6 is 15.9 Å². The second-order valence-electron chi connectivity index (χ2n) is 4.89. The normalized spacial score (nSPS) is 12.8. The average molecular weight is 320 g/mol. The Morgan fingerprint density at radius 2 is 1.88 bits per heavy atom. The van der Waals surface area contributed by atoms with Crippen molar-refractivity contribution in [2.45, 2.75) is 38.1 Å². The predicted octanol–water partition coefficient (Wildman–Crippen LogP) is 2.76. The van der Waals surface area contributed by atoms with Gasteiger partial charge in [0.2, 0.25) is 10.0 Å². The molecule has 0 aliphatic heterocycles. The fraction of sp³-hybridized carbons (Fsp3) is 0.500. The summed E-state index contributed by atoms with van der Waals surface area (Å²) in [4.78, 5) is 0.353. The van der Waals surface area contributed by atoms with E-state index in [-0.39, 0.29) is 0 Å². The molecule has 0 aliphatic rings. The fourth-order valence-corrected chi connectivity index (χ4v) is 3.51. The van der Waals surface area contributed by atoms with E-state index in [1.165, 1.54) is 0 Å². The van der Waals surface area contributed by atoms with Gasteiger partial charge in [-0.3, -0.25) is 0 Å². The minimum absolute atomic E-state index is 0.353. The Bertz CT molecular complexity index is 509. The molecule has 0 spiro atoms. The van der Waals surface area contributed by atoms with Crippen molar-refractivity contribution in [2.75, 3.05) is 5.33 Å². The van der Waals surface area contributed by atoms with E-state index in [1.54, 1.807) is 13.0 Å². The van der Waals surface area contributed by atoms with Gasteiger partial charge in [-0.25, -0.2) is 13.1 Å². The summed E-state index contributed by atoms with van der Waals surface area (Å²) < 4.78 is 27.2. The molecule has 0 aliphatic carbocycles. The van der Waals surface area contributed by atoms with E-state index in [1.807, 2.05) is 32.9 Å². The van der Waals surface area contributed by atoms with Crippen LogP contribution < -0.4 is 4.72 Å². The van der Waals surface area contributed by atoms with Crippen molar-refractivity contribution in [3.05, 3.63) is 29.3 Å². The maximum absolute atomic E-state index is 12.2. The molecule has 1 aromatic carbocycles. The molecule has 3 nitrogen and oxygen atoms in total. The highest BCUT2D eigenvalue weighted by Gasteiger charge is 2.26. The van der Waals surface area contributed by atoms with E-state index >= 15 is 0 Å². The Labute approximate surface area is 112 Å². The van der Waals surface area contributed by atoms with Crippen molar-refractivity contribution in [3.8, 4) is 0 Å². The highest BCUT2D eigenvalue weighted by molar-refractivity contribution is 9.09. The van der Waals surface area contributed by atoms with E-state index < -0.39 is 15.6 Å². The van der Waals surface area contributed by atoms with Gasteiger partial charge in [0.25, 0.3) is 0 Å². The summed E-state index contributed by atoms with van der Waals surface area (Å²) in [6.07, 6.45) is 0. The molecule has 0 saturated heterocycles. The molecule has 1 rings (SSSR count). The molecular formula is C12H18BrNO2S. The minimum Gasteiger partial charge on any atom is -0.207 e. The second kappa shape index (κ2) is 5.08. The number of rotatable bonds is 4. The molecule has 0 radical (unpaired) electrons. The Hall–Kier alpha value is -0.390. The standard InChI is InChI=1S/C12H18BrNO2S/c1-9-5-6-10(2)11(7-9)17(15,16)14-12(3,4)8-13/h5-7,14H,8H2,1-4H3. The van der Waals surface area contributed by atoms with E-state index in [4.69, 9.17) is 0 Å². The van der Waals surface area contributed by atoms with Gasteiger partial charge in [0.15, 0.2) is 0 Å². The van der Waals surface area contributed by atoms with Crippen LogP contribution in [0.25, 0.3) is 0 Å². The second-order valence-corrected chi connectivity index (χ2v) is 7.10. The highest BCUT2D eigenvalue weighted by Crippen LogP contribution is 2.19. The van der Waals surface area contributed by atoms with Crippen LogP contribution in [0.2, 0.25) is 0 Å². The van der Waals surface area contributed by atoms with Crippen molar-refractivity contribution < 1.29 is 8.42 Å². The number of hydrogen-bond acceptors (Lipinski definition) is 2. The van der Waals surface area contributed by atoms with E-state index in [0.717, 1.165) is 11.1 Å². The van der Waals surface area contributed by atoms with Crippen molar-refractivity contribution in [2.24, 2.45) is 0 Å². The van der Waals surface area contributed by atoms with Crippen molar-refractivity contribution in [3.63, 3.8) is 0 Å². The molecule has 0 unspecified atom stereocenters. The lowest BCUT2D eigenvalue weighted by Gasteiger charge is -2.23. The molecule has 0 bridgehead atoms. The Kier molecular flexibility index (Phi) is 4.38. The highest BCUT2D eigenvalue weighted by atomic mass is 79.9. The molecule has 1 aromatic rings. The monoisotopic (exact) mass is 319 g/mol. The number of nitrogens with one attached hydrogen (secondary N) is 1. The average Bonchev–Trinajstić information content (AvgIpc) is 2.20. The van der Waals surface area contributed by atoms with E-state index in [0.29, 0.717) is 10.2 Å². The third-order valence-electron chi connectivity index (χ3n) is 2.38. The maximum atomic E-state index is 12.2. The Morgan fingerprint density at radius 3 is 2.41 bits per heavy atom. The van der Waals surface area contributed by atoms with Crippen LogP contribution in [-0.4, -0.2) is 19.3 Å².